The van der Waals surface area contributed by atoms with Gasteiger partial charge in [0.2, 0.25) is 0 Å². The number of rotatable bonds is 3. The number of allylic oxidation sites excluding steroid dienone is 2. The third-order valence-corrected chi connectivity index (χ3v) is 1.66. The van der Waals surface area contributed by atoms with Gasteiger partial charge in [0.25, 0.3) is 0 Å². The van der Waals surface area contributed by atoms with Crippen LogP contribution in [0, 0.1) is 0 Å². The highest BCUT2D eigenvalue weighted by Gasteiger charge is 1.90. The van der Waals surface area contributed by atoms with Crippen LogP contribution in [0.25, 0.3) is 5.57 Å². The van der Waals surface area contributed by atoms with Gasteiger partial charge in [0, 0.05) is 12.4 Å². The van der Waals surface area contributed by atoms with Gasteiger partial charge < -0.3 is 0 Å². The standard InChI is InChI=1S/C12H13N/c1-3-13-10-9-11(2)12-7-5-4-6-8-12/h3-10H,2H2,1H3/b10-9-,13-3?. The smallest absolute Gasteiger partial charge is 0.0269 e. The van der Waals surface area contributed by atoms with Gasteiger partial charge >= 0.3 is 0 Å². The topological polar surface area (TPSA) is 12.4 Å². The lowest BCUT2D eigenvalue weighted by Gasteiger charge is -1.97. The lowest BCUT2D eigenvalue weighted by molar-refractivity contribution is 1.56. The van der Waals surface area contributed by atoms with Crippen LogP contribution in [0.15, 0.2) is 54.2 Å². The first-order chi connectivity index (χ1) is 6.34. The van der Waals surface area contributed by atoms with E-state index in [1.54, 1.807) is 12.4 Å². The fraction of sp³-hybridized carbons (Fsp3) is 0.0833. The predicted molar refractivity (Wildman–Crippen MR) is 58.8 cm³/mol. The van der Waals surface area contributed by atoms with Crippen molar-refractivity contribution in [3.8, 4) is 0 Å². The lowest BCUT2D eigenvalue weighted by Crippen LogP contribution is -1.76. The summed E-state index contributed by atoms with van der Waals surface area (Å²) in [5, 5.41) is 0. The molecular formula is C12H13N. The molecule has 0 amide bonds. The molecule has 1 rings (SSSR count). The Morgan fingerprint density at radius 2 is 2.00 bits per heavy atom. The monoisotopic (exact) mass is 171 g/mol. The van der Waals surface area contributed by atoms with Gasteiger partial charge in [-0.1, -0.05) is 36.9 Å². The molecule has 0 atom stereocenters. The van der Waals surface area contributed by atoms with Crippen molar-refractivity contribution in [3.05, 3.63) is 54.8 Å². The Balaban J connectivity index is 2.70. The lowest BCUT2D eigenvalue weighted by atomic mass is 10.1. The zero-order chi connectivity index (χ0) is 9.52. The van der Waals surface area contributed by atoms with Gasteiger partial charge in [0.1, 0.15) is 0 Å². The van der Waals surface area contributed by atoms with Crippen molar-refractivity contribution in [1.29, 1.82) is 0 Å². The molecule has 0 spiro atoms. The summed E-state index contributed by atoms with van der Waals surface area (Å²) in [6.45, 7) is 5.82. The number of nitrogens with zero attached hydrogens (tertiary/aromatic N) is 1. The molecule has 0 aliphatic carbocycles. The average molecular weight is 171 g/mol. The Morgan fingerprint density at radius 3 is 2.62 bits per heavy atom. The highest BCUT2D eigenvalue weighted by molar-refractivity contribution is 5.72. The van der Waals surface area contributed by atoms with E-state index in [0.29, 0.717) is 0 Å². The minimum atomic E-state index is 0.978. The highest BCUT2D eigenvalue weighted by atomic mass is 14.6. The van der Waals surface area contributed by atoms with E-state index < -0.39 is 0 Å². The van der Waals surface area contributed by atoms with Gasteiger partial charge in [-0.2, -0.15) is 0 Å². The molecule has 1 aromatic carbocycles. The molecule has 0 saturated carbocycles. The maximum absolute atomic E-state index is 3.97. The molecule has 66 valence electrons. The Kier molecular flexibility index (Phi) is 3.71. The maximum Gasteiger partial charge on any atom is 0.0269 e. The van der Waals surface area contributed by atoms with Crippen molar-refractivity contribution in [3.63, 3.8) is 0 Å². The summed E-state index contributed by atoms with van der Waals surface area (Å²) in [7, 11) is 0. The molecule has 0 radical (unpaired) electrons. The number of aliphatic imine (C=N–C) groups is 1. The van der Waals surface area contributed by atoms with E-state index in [0.717, 1.165) is 11.1 Å². The van der Waals surface area contributed by atoms with E-state index in [2.05, 4.69) is 11.6 Å². The van der Waals surface area contributed by atoms with E-state index in [-0.39, 0.29) is 0 Å². The molecule has 0 aromatic heterocycles. The van der Waals surface area contributed by atoms with Gasteiger partial charge in [-0.05, 0) is 24.1 Å². The Hall–Kier alpha value is -1.63. The van der Waals surface area contributed by atoms with Crippen molar-refractivity contribution in [2.75, 3.05) is 0 Å². The van der Waals surface area contributed by atoms with Crippen LogP contribution in [0.3, 0.4) is 0 Å². The average Bonchev–Trinajstić information content (AvgIpc) is 2.19. The molecule has 0 unspecified atom stereocenters. The third kappa shape index (κ3) is 3.08. The predicted octanol–water partition coefficient (Wildman–Crippen LogP) is 3.30. The molecule has 0 aliphatic heterocycles. The van der Waals surface area contributed by atoms with Crippen LogP contribution in [0.5, 0.6) is 0 Å². The number of hydrogen-bond acceptors (Lipinski definition) is 1. The summed E-state index contributed by atoms with van der Waals surface area (Å²) in [6, 6.07) is 10.0. The summed E-state index contributed by atoms with van der Waals surface area (Å²) in [5.74, 6) is 0. The molecule has 0 bridgehead atoms. The van der Waals surface area contributed by atoms with Gasteiger partial charge in [0.15, 0.2) is 0 Å². The minimum absolute atomic E-state index is 0.978. The van der Waals surface area contributed by atoms with Crippen LogP contribution in [0.4, 0.5) is 0 Å². The molecule has 1 nitrogen and oxygen atoms in total. The first-order valence-corrected chi connectivity index (χ1v) is 4.23. The maximum atomic E-state index is 3.97. The Bertz CT molecular complexity index is 320. The van der Waals surface area contributed by atoms with Gasteiger partial charge in [0.05, 0.1) is 0 Å². The second kappa shape index (κ2) is 5.09. The second-order valence-corrected chi connectivity index (χ2v) is 2.61. The van der Waals surface area contributed by atoms with Crippen LogP contribution in [-0.2, 0) is 0 Å². The van der Waals surface area contributed by atoms with Crippen molar-refractivity contribution in [2.45, 2.75) is 6.92 Å². The van der Waals surface area contributed by atoms with Gasteiger partial charge in [-0.15, -0.1) is 0 Å². The summed E-state index contributed by atoms with van der Waals surface area (Å²) >= 11 is 0. The fourth-order valence-corrected chi connectivity index (χ4v) is 0.968. The van der Waals surface area contributed by atoms with Gasteiger partial charge in [-0.25, -0.2) is 0 Å². The summed E-state index contributed by atoms with van der Waals surface area (Å²) in [5.41, 5.74) is 2.11. The Labute approximate surface area is 79.1 Å². The van der Waals surface area contributed by atoms with Gasteiger partial charge in [-0.3, -0.25) is 4.99 Å². The van der Waals surface area contributed by atoms with Crippen LogP contribution in [0.2, 0.25) is 0 Å². The molecule has 0 aliphatic rings. The molecule has 13 heavy (non-hydrogen) atoms. The normalized spacial score (nSPS) is 11.2. The van der Waals surface area contributed by atoms with Crippen molar-refractivity contribution in [1.82, 2.24) is 0 Å². The summed E-state index contributed by atoms with van der Waals surface area (Å²) < 4.78 is 0. The zero-order valence-electron chi connectivity index (χ0n) is 7.77. The van der Waals surface area contributed by atoms with E-state index in [1.165, 1.54) is 0 Å². The van der Waals surface area contributed by atoms with Crippen LogP contribution < -0.4 is 0 Å². The van der Waals surface area contributed by atoms with Crippen LogP contribution >= 0.6 is 0 Å². The second-order valence-electron chi connectivity index (χ2n) is 2.61. The SMILES string of the molecule is C=C(/C=C\N=CC)c1ccccc1. The van der Waals surface area contributed by atoms with Crippen LogP contribution in [-0.4, -0.2) is 6.21 Å². The molecule has 1 heteroatoms. The largest absolute Gasteiger partial charge is 0.269 e. The summed E-state index contributed by atoms with van der Waals surface area (Å²) in [6.07, 6.45) is 5.39. The molecule has 0 heterocycles. The van der Waals surface area contributed by atoms with E-state index in [4.69, 9.17) is 0 Å². The van der Waals surface area contributed by atoms with Crippen molar-refractivity contribution >= 4 is 11.8 Å². The third-order valence-electron chi connectivity index (χ3n) is 1.66. The molecule has 0 saturated heterocycles. The molecule has 1 aromatic rings. The van der Waals surface area contributed by atoms with E-state index in [1.807, 2.05) is 43.3 Å². The number of hydrogen-bond donors (Lipinski definition) is 0. The number of benzene rings is 1. The zero-order valence-corrected chi connectivity index (χ0v) is 7.77. The van der Waals surface area contributed by atoms with Crippen molar-refractivity contribution in [2.24, 2.45) is 4.99 Å². The van der Waals surface area contributed by atoms with E-state index in [9.17, 15) is 0 Å². The Morgan fingerprint density at radius 1 is 1.31 bits per heavy atom. The van der Waals surface area contributed by atoms with E-state index >= 15 is 0 Å². The summed E-state index contributed by atoms with van der Waals surface area (Å²) in [4.78, 5) is 3.97. The highest BCUT2D eigenvalue weighted by Crippen LogP contribution is 2.12. The van der Waals surface area contributed by atoms with Crippen LogP contribution in [0.1, 0.15) is 12.5 Å². The fourth-order valence-electron chi connectivity index (χ4n) is 0.968. The minimum Gasteiger partial charge on any atom is -0.269 e. The first-order valence-electron chi connectivity index (χ1n) is 4.23. The molecule has 0 fully saturated rings. The molecule has 0 N–H and O–H groups in total. The first kappa shape index (κ1) is 9.46. The molecular weight excluding hydrogens is 158 g/mol. The van der Waals surface area contributed by atoms with Crippen molar-refractivity contribution < 1.29 is 0 Å². The quantitative estimate of drug-likeness (QED) is 0.488.